The molecule has 0 bridgehead atoms. The SMILES string of the molecule is O=C(CC1(O)CCCCC1)N1CCNCC1. The van der Waals surface area contributed by atoms with Gasteiger partial charge < -0.3 is 15.3 Å². The molecule has 0 spiro atoms. The van der Waals surface area contributed by atoms with Crippen LogP contribution in [0.2, 0.25) is 0 Å². The molecule has 1 aliphatic heterocycles. The third kappa shape index (κ3) is 2.95. The fourth-order valence-electron chi connectivity index (χ4n) is 2.69. The van der Waals surface area contributed by atoms with E-state index in [1.807, 2.05) is 4.90 Å². The second kappa shape index (κ2) is 5.15. The van der Waals surface area contributed by atoms with Crippen LogP contribution in [0.25, 0.3) is 0 Å². The van der Waals surface area contributed by atoms with E-state index < -0.39 is 5.60 Å². The summed E-state index contributed by atoms with van der Waals surface area (Å²) in [7, 11) is 0. The highest BCUT2D eigenvalue weighted by atomic mass is 16.3. The van der Waals surface area contributed by atoms with Gasteiger partial charge in [0, 0.05) is 26.2 Å². The van der Waals surface area contributed by atoms with E-state index in [0.717, 1.165) is 51.9 Å². The van der Waals surface area contributed by atoms with Crippen molar-refractivity contribution in [3.8, 4) is 0 Å². The van der Waals surface area contributed by atoms with Crippen molar-refractivity contribution in [2.24, 2.45) is 0 Å². The number of carbonyl (C=O) groups is 1. The molecule has 2 fully saturated rings. The Kier molecular flexibility index (Phi) is 3.82. The topological polar surface area (TPSA) is 52.6 Å². The van der Waals surface area contributed by atoms with Crippen LogP contribution in [0.1, 0.15) is 38.5 Å². The van der Waals surface area contributed by atoms with E-state index >= 15 is 0 Å². The van der Waals surface area contributed by atoms with Gasteiger partial charge in [-0.15, -0.1) is 0 Å². The van der Waals surface area contributed by atoms with Gasteiger partial charge in [0.25, 0.3) is 0 Å². The Hall–Kier alpha value is -0.610. The third-order valence-corrected chi connectivity index (χ3v) is 3.73. The molecule has 0 radical (unpaired) electrons. The molecule has 0 aromatic heterocycles. The van der Waals surface area contributed by atoms with Crippen LogP contribution in [0.15, 0.2) is 0 Å². The number of hydrogen-bond donors (Lipinski definition) is 2. The highest BCUT2D eigenvalue weighted by Gasteiger charge is 2.33. The third-order valence-electron chi connectivity index (χ3n) is 3.73. The number of amides is 1. The summed E-state index contributed by atoms with van der Waals surface area (Å²) < 4.78 is 0. The zero-order chi connectivity index (χ0) is 11.4. The Morgan fingerprint density at radius 2 is 1.81 bits per heavy atom. The molecule has 1 saturated carbocycles. The molecule has 2 N–H and O–H groups in total. The van der Waals surface area contributed by atoms with E-state index in [1.165, 1.54) is 6.42 Å². The number of rotatable bonds is 2. The smallest absolute Gasteiger partial charge is 0.225 e. The summed E-state index contributed by atoms with van der Waals surface area (Å²) in [4.78, 5) is 13.9. The fourth-order valence-corrected chi connectivity index (χ4v) is 2.69. The maximum Gasteiger partial charge on any atom is 0.225 e. The number of aliphatic hydroxyl groups is 1. The van der Waals surface area contributed by atoms with Crippen molar-refractivity contribution < 1.29 is 9.90 Å². The summed E-state index contributed by atoms with van der Waals surface area (Å²) in [6.07, 6.45) is 5.24. The van der Waals surface area contributed by atoms with Crippen LogP contribution in [-0.2, 0) is 4.79 Å². The van der Waals surface area contributed by atoms with Gasteiger partial charge in [0.1, 0.15) is 0 Å². The van der Waals surface area contributed by atoms with Crippen LogP contribution in [-0.4, -0.2) is 47.7 Å². The first-order valence-corrected chi connectivity index (χ1v) is 6.41. The predicted molar refractivity (Wildman–Crippen MR) is 62.1 cm³/mol. The van der Waals surface area contributed by atoms with Crippen molar-refractivity contribution >= 4 is 5.91 Å². The highest BCUT2D eigenvalue weighted by molar-refractivity contribution is 5.77. The molecule has 1 saturated heterocycles. The average Bonchev–Trinajstić information content (AvgIpc) is 2.30. The molecule has 4 heteroatoms. The first-order chi connectivity index (χ1) is 7.70. The zero-order valence-corrected chi connectivity index (χ0v) is 9.87. The van der Waals surface area contributed by atoms with Crippen molar-refractivity contribution in [3.63, 3.8) is 0 Å². The first kappa shape index (κ1) is 11.9. The minimum Gasteiger partial charge on any atom is -0.389 e. The van der Waals surface area contributed by atoms with Gasteiger partial charge in [-0.3, -0.25) is 4.79 Å². The normalized spacial score (nSPS) is 25.4. The van der Waals surface area contributed by atoms with Gasteiger partial charge >= 0.3 is 0 Å². The quantitative estimate of drug-likeness (QED) is 0.721. The Morgan fingerprint density at radius 3 is 2.44 bits per heavy atom. The van der Waals surface area contributed by atoms with Gasteiger partial charge in [0.2, 0.25) is 5.91 Å². The van der Waals surface area contributed by atoms with Crippen LogP contribution in [0.5, 0.6) is 0 Å². The van der Waals surface area contributed by atoms with E-state index in [0.29, 0.717) is 6.42 Å². The molecule has 0 atom stereocenters. The van der Waals surface area contributed by atoms with E-state index in [2.05, 4.69) is 5.32 Å². The van der Waals surface area contributed by atoms with Gasteiger partial charge in [0.05, 0.1) is 12.0 Å². The second-order valence-corrected chi connectivity index (χ2v) is 5.09. The zero-order valence-electron chi connectivity index (χ0n) is 9.87. The first-order valence-electron chi connectivity index (χ1n) is 6.41. The molecule has 2 rings (SSSR count). The van der Waals surface area contributed by atoms with Crippen molar-refractivity contribution in [1.29, 1.82) is 0 Å². The molecule has 92 valence electrons. The summed E-state index contributed by atoms with van der Waals surface area (Å²) >= 11 is 0. The predicted octanol–water partition coefficient (Wildman–Crippen LogP) is 0.503. The van der Waals surface area contributed by atoms with Gasteiger partial charge in [-0.1, -0.05) is 19.3 Å². The lowest BCUT2D eigenvalue weighted by atomic mass is 9.82. The number of carbonyl (C=O) groups excluding carboxylic acids is 1. The van der Waals surface area contributed by atoms with E-state index in [1.54, 1.807) is 0 Å². The van der Waals surface area contributed by atoms with Crippen molar-refractivity contribution in [2.45, 2.75) is 44.1 Å². The number of nitrogens with zero attached hydrogens (tertiary/aromatic N) is 1. The molecule has 1 heterocycles. The monoisotopic (exact) mass is 226 g/mol. The largest absolute Gasteiger partial charge is 0.389 e. The lowest BCUT2D eigenvalue weighted by Crippen LogP contribution is -2.49. The van der Waals surface area contributed by atoms with Crippen LogP contribution in [0, 0.1) is 0 Å². The van der Waals surface area contributed by atoms with E-state index in [-0.39, 0.29) is 5.91 Å². The summed E-state index contributed by atoms with van der Waals surface area (Å²) in [6.45, 7) is 3.33. The number of nitrogens with one attached hydrogen (secondary N) is 1. The standard InChI is InChI=1S/C12H22N2O2/c15-11(14-8-6-13-7-9-14)10-12(16)4-2-1-3-5-12/h13,16H,1-10H2. The molecule has 0 unspecified atom stereocenters. The van der Waals surface area contributed by atoms with Gasteiger partial charge in [-0.2, -0.15) is 0 Å². The minimum atomic E-state index is -0.708. The second-order valence-electron chi connectivity index (χ2n) is 5.09. The Balaban J connectivity index is 1.85. The molecule has 1 amide bonds. The molecule has 4 nitrogen and oxygen atoms in total. The van der Waals surface area contributed by atoms with Crippen LogP contribution < -0.4 is 5.32 Å². The fraction of sp³-hybridized carbons (Fsp3) is 0.917. The Morgan fingerprint density at radius 1 is 1.19 bits per heavy atom. The lowest BCUT2D eigenvalue weighted by molar-refractivity contribution is -0.138. The molecule has 0 aromatic carbocycles. The molecule has 1 aliphatic carbocycles. The highest BCUT2D eigenvalue weighted by Crippen LogP contribution is 2.31. The van der Waals surface area contributed by atoms with Crippen molar-refractivity contribution in [3.05, 3.63) is 0 Å². The molecular weight excluding hydrogens is 204 g/mol. The van der Waals surface area contributed by atoms with Crippen molar-refractivity contribution in [1.82, 2.24) is 10.2 Å². The van der Waals surface area contributed by atoms with Gasteiger partial charge in [-0.05, 0) is 12.8 Å². The molecular formula is C12H22N2O2. The van der Waals surface area contributed by atoms with Crippen LogP contribution in [0.4, 0.5) is 0 Å². The maximum absolute atomic E-state index is 12.0. The number of hydrogen-bond acceptors (Lipinski definition) is 3. The van der Waals surface area contributed by atoms with E-state index in [9.17, 15) is 9.90 Å². The van der Waals surface area contributed by atoms with Gasteiger partial charge in [0.15, 0.2) is 0 Å². The summed E-state index contributed by atoms with van der Waals surface area (Å²) in [5.41, 5.74) is -0.708. The van der Waals surface area contributed by atoms with Crippen LogP contribution >= 0.6 is 0 Å². The molecule has 0 aromatic rings. The summed E-state index contributed by atoms with van der Waals surface area (Å²) in [5, 5.41) is 13.5. The average molecular weight is 226 g/mol. The van der Waals surface area contributed by atoms with Crippen molar-refractivity contribution in [2.75, 3.05) is 26.2 Å². The Labute approximate surface area is 97.0 Å². The Bertz CT molecular complexity index is 243. The molecule has 16 heavy (non-hydrogen) atoms. The molecule has 2 aliphatic rings. The summed E-state index contributed by atoms with van der Waals surface area (Å²) in [5.74, 6) is 0.130. The van der Waals surface area contributed by atoms with Crippen LogP contribution in [0.3, 0.4) is 0 Å². The minimum absolute atomic E-state index is 0.130. The van der Waals surface area contributed by atoms with E-state index in [4.69, 9.17) is 0 Å². The maximum atomic E-state index is 12.0. The lowest BCUT2D eigenvalue weighted by Gasteiger charge is -2.35. The van der Waals surface area contributed by atoms with Gasteiger partial charge in [-0.25, -0.2) is 0 Å². The number of piperazine rings is 1. The summed E-state index contributed by atoms with van der Waals surface area (Å²) in [6, 6.07) is 0.